The van der Waals surface area contributed by atoms with Gasteiger partial charge in [-0.1, -0.05) is 38.4 Å². The summed E-state index contributed by atoms with van der Waals surface area (Å²) in [5.41, 5.74) is 4.18. The molecule has 1 unspecified atom stereocenters. The van der Waals surface area contributed by atoms with Gasteiger partial charge in [-0.2, -0.15) is 0 Å². The van der Waals surface area contributed by atoms with Gasteiger partial charge in [-0.05, 0) is 50.3 Å². The Balaban J connectivity index is 2.41. The second-order valence-corrected chi connectivity index (χ2v) is 7.61. The molecule has 3 heteroatoms. The summed E-state index contributed by atoms with van der Waals surface area (Å²) in [7, 11) is 0. The first-order valence-corrected chi connectivity index (χ1v) is 8.47. The van der Waals surface area contributed by atoms with Gasteiger partial charge in [0.15, 0.2) is 0 Å². The van der Waals surface area contributed by atoms with Crippen molar-refractivity contribution in [3.8, 4) is 0 Å². The average Bonchev–Trinajstić information content (AvgIpc) is 2.36. The number of nitrogens with one attached hydrogen (secondary N) is 1. The van der Waals surface area contributed by atoms with Crippen LogP contribution in [0.15, 0.2) is 12.1 Å². The van der Waals surface area contributed by atoms with Crippen LogP contribution in [-0.4, -0.2) is 18.1 Å². The van der Waals surface area contributed by atoms with Crippen molar-refractivity contribution < 1.29 is 0 Å². The Kier molecular flexibility index (Phi) is 4.89. The van der Waals surface area contributed by atoms with Crippen LogP contribution in [0.25, 0.3) is 0 Å². The summed E-state index contributed by atoms with van der Waals surface area (Å²) in [6, 6.07) is 4.96. The van der Waals surface area contributed by atoms with E-state index in [0.717, 1.165) is 18.1 Å². The zero-order chi connectivity index (χ0) is 15.8. The largest absolute Gasteiger partial charge is 0.366 e. The van der Waals surface area contributed by atoms with Crippen molar-refractivity contribution in [2.45, 2.75) is 72.0 Å². The molecule has 0 aromatic heterocycles. The Morgan fingerprint density at radius 3 is 2.62 bits per heavy atom. The second kappa shape index (κ2) is 6.18. The Hall–Kier alpha value is -0.730. The van der Waals surface area contributed by atoms with Crippen molar-refractivity contribution in [1.82, 2.24) is 5.32 Å². The highest BCUT2D eigenvalue weighted by Crippen LogP contribution is 2.44. The normalized spacial score (nSPS) is 20.8. The van der Waals surface area contributed by atoms with Crippen LogP contribution >= 0.6 is 11.6 Å². The van der Waals surface area contributed by atoms with E-state index in [1.165, 1.54) is 23.2 Å². The van der Waals surface area contributed by atoms with E-state index in [9.17, 15) is 0 Å². The van der Waals surface area contributed by atoms with Gasteiger partial charge in [0, 0.05) is 35.4 Å². The van der Waals surface area contributed by atoms with Crippen LogP contribution in [0.3, 0.4) is 0 Å². The highest BCUT2D eigenvalue weighted by atomic mass is 35.5. The second-order valence-electron chi connectivity index (χ2n) is 7.20. The molecule has 1 aliphatic rings. The first-order chi connectivity index (χ1) is 9.76. The molecule has 0 aliphatic carbocycles. The lowest BCUT2D eigenvalue weighted by atomic mass is 9.79. The lowest BCUT2D eigenvalue weighted by molar-refractivity contribution is 0.381. The van der Waals surface area contributed by atoms with Crippen LogP contribution in [-0.2, 0) is 6.54 Å². The van der Waals surface area contributed by atoms with Gasteiger partial charge in [0.25, 0.3) is 0 Å². The minimum absolute atomic E-state index is 0.197. The number of fused-ring (bicyclic) bond motifs is 1. The van der Waals surface area contributed by atoms with E-state index >= 15 is 0 Å². The predicted octanol–water partition coefficient (Wildman–Crippen LogP) is 4.95. The van der Waals surface area contributed by atoms with Crippen LogP contribution < -0.4 is 10.2 Å². The number of nitrogens with zero attached hydrogens (tertiary/aromatic N) is 1. The molecule has 0 radical (unpaired) electrons. The van der Waals surface area contributed by atoms with Crippen molar-refractivity contribution in [1.29, 1.82) is 0 Å². The summed E-state index contributed by atoms with van der Waals surface area (Å²) in [6.07, 6.45) is 1.19. The van der Waals surface area contributed by atoms with Crippen molar-refractivity contribution in [2.24, 2.45) is 0 Å². The van der Waals surface area contributed by atoms with Gasteiger partial charge in [-0.15, -0.1) is 0 Å². The first kappa shape index (κ1) is 16.6. The zero-order valence-corrected chi connectivity index (χ0v) is 15.0. The summed E-state index contributed by atoms with van der Waals surface area (Å²) in [4.78, 5) is 2.49. The molecular weight excluding hydrogens is 280 g/mol. The van der Waals surface area contributed by atoms with Crippen molar-refractivity contribution >= 4 is 17.3 Å². The van der Waals surface area contributed by atoms with E-state index in [1.807, 2.05) is 0 Å². The third-order valence-corrected chi connectivity index (χ3v) is 4.92. The number of hydrogen-bond donors (Lipinski definition) is 1. The van der Waals surface area contributed by atoms with Gasteiger partial charge in [-0.25, -0.2) is 0 Å². The molecule has 118 valence electrons. The first-order valence-electron chi connectivity index (χ1n) is 8.09. The molecule has 0 spiro atoms. The number of hydrogen-bond acceptors (Lipinski definition) is 2. The summed E-state index contributed by atoms with van der Waals surface area (Å²) in [6.45, 7) is 15.4. The van der Waals surface area contributed by atoms with Gasteiger partial charge in [0.2, 0.25) is 0 Å². The monoisotopic (exact) mass is 308 g/mol. The van der Waals surface area contributed by atoms with Crippen molar-refractivity contribution in [3.63, 3.8) is 0 Å². The lowest BCUT2D eigenvalue weighted by Gasteiger charge is -2.47. The van der Waals surface area contributed by atoms with E-state index in [4.69, 9.17) is 11.6 Å². The summed E-state index contributed by atoms with van der Waals surface area (Å²) < 4.78 is 0. The fourth-order valence-corrected chi connectivity index (χ4v) is 3.82. The molecule has 2 nitrogen and oxygen atoms in total. The number of halogens is 1. The third-order valence-electron chi connectivity index (χ3n) is 4.57. The maximum atomic E-state index is 6.54. The molecule has 0 saturated heterocycles. The molecule has 1 aromatic carbocycles. The topological polar surface area (TPSA) is 15.3 Å². The van der Waals surface area contributed by atoms with Gasteiger partial charge in [0.1, 0.15) is 0 Å². The molecule has 0 bridgehead atoms. The van der Waals surface area contributed by atoms with E-state index in [1.54, 1.807) is 0 Å². The van der Waals surface area contributed by atoms with E-state index in [0.29, 0.717) is 12.0 Å². The Morgan fingerprint density at radius 2 is 2.05 bits per heavy atom. The van der Waals surface area contributed by atoms with Crippen LogP contribution in [0, 0.1) is 0 Å². The Morgan fingerprint density at radius 1 is 1.38 bits per heavy atom. The van der Waals surface area contributed by atoms with Gasteiger partial charge in [0.05, 0.1) is 0 Å². The van der Waals surface area contributed by atoms with Gasteiger partial charge >= 0.3 is 0 Å². The molecule has 2 rings (SSSR count). The fraction of sp³-hybridized carbons (Fsp3) is 0.667. The minimum Gasteiger partial charge on any atom is -0.366 e. The average molecular weight is 309 g/mol. The predicted molar refractivity (Wildman–Crippen MR) is 93.6 cm³/mol. The van der Waals surface area contributed by atoms with Crippen LogP contribution in [0.2, 0.25) is 5.02 Å². The third kappa shape index (κ3) is 3.37. The summed E-state index contributed by atoms with van der Waals surface area (Å²) in [5, 5.41) is 4.35. The zero-order valence-electron chi connectivity index (χ0n) is 14.3. The molecule has 1 aliphatic heterocycles. The SMILES string of the molecule is CCN1c2cc(Cl)c(CNC(C)C)cc2C(C)CC1(C)C. The highest BCUT2D eigenvalue weighted by Gasteiger charge is 2.35. The molecule has 0 fully saturated rings. The molecule has 21 heavy (non-hydrogen) atoms. The molecule has 1 heterocycles. The molecule has 0 amide bonds. The standard InChI is InChI=1S/C18H29ClN2/c1-7-21-17-9-16(19)14(11-20-12(2)3)8-15(17)13(4)10-18(21,5)6/h8-9,12-13,20H,7,10-11H2,1-6H3. The summed E-state index contributed by atoms with van der Waals surface area (Å²) >= 11 is 6.54. The maximum Gasteiger partial charge on any atom is 0.0471 e. The van der Waals surface area contributed by atoms with Gasteiger partial charge < -0.3 is 10.2 Å². The number of rotatable bonds is 4. The number of benzene rings is 1. The maximum absolute atomic E-state index is 6.54. The van der Waals surface area contributed by atoms with Crippen LogP contribution in [0.5, 0.6) is 0 Å². The van der Waals surface area contributed by atoms with Gasteiger partial charge in [-0.3, -0.25) is 0 Å². The Bertz CT molecular complexity index is 508. The van der Waals surface area contributed by atoms with E-state index < -0.39 is 0 Å². The smallest absolute Gasteiger partial charge is 0.0471 e. The quantitative estimate of drug-likeness (QED) is 0.846. The fourth-order valence-electron chi connectivity index (χ4n) is 3.60. The molecular formula is C18H29ClN2. The molecule has 1 atom stereocenters. The van der Waals surface area contributed by atoms with Crippen molar-refractivity contribution in [2.75, 3.05) is 11.4 Å². The summed E-state index contributed by atoms with van der Waals surface area (Å²) in [5.74, 6) is 0.577. The number of anilines is 1. The molecule has 1 aromatic rings. The van der Waals surface area contributed by atoms with E-state index in [-0.39, 0.29) is 5.54 Å². The highest BCUT2D eigenvalue weighted by molar-refractivity contribution is 6.31. The lowest BCUT2D eigenvalue weighted by Crippen LogP contribution is -2.48. The van der Waals surface area contributed by atoms with E-state index in [2.05, 4.69) is 63.9 Å². The van der Waals surface area contributed by atoms with Crippen molar-refractivity contribution in [3.05, 3.63) is 28.3 Å². The molecule has 1 N–H and O–H groups in total. The minimum atomic E-state index is 0.197. The Labute approximate surface area is 134 Å². The molecule has 0 saturated carbocycles. The van der Waals surface area contributed by atoms with Crippen LogP contribution in [0.4, 0.5) is 5.69 Å². The van der Waals surface area contributed by atoms with Crippen LogP contribution in [0.1, 0.15) is 65.0 Å².